The predicted octanol–water partition coefficient (Wildman–Crippen LogP) is 3.15. The van der Waals surface area contributed by atoms with Gasteiger partial charge in [-0.15, -0.1) is 0 Å². The molecular weight excluding hydrogens is 403 g/mol. The number of nitrogens with one attached hydrogen (secondary N) is 1. The first-order valence-corrected chi connectivity index (χ1v) is 10.1. The van der Waals surface area contributed by atoms with Crippen molar-refractivity contribution in [1.29, 1.82) is 0 Å². The maximum absolute atomic E-state index is 14.3. The molecule has 2 aromatic rings. The number of hydrogen-bond donors (Lipinski definition) is 1. The Morgan fingerprint density at radius 3 is 2.79 bits per heavy atom. The van der Waals surface area contributed by atoms with Crippen molar-refractivity contribution in [2.24, 2.45) is 7.05 Å². The molecule has 156 valence electrons. The van der Waals surface area contributed by atoms with E-state index in [9.17, 15) is 18.0 Å². The van der Waals surface area contributed by atoms with E-state index < -0.39 is 23.4 Å². The highest BCUT2D eigenvalue weighted by molar-refractivity contribution is 7.71. The summed E-state index contributed by atoms with van der Waals surface area (Å²) in [6.07, 6.45) is 1.89. The first-order valence-electron chi connectivity index (χ1n) is 9.64. The molecule has 5 nitrogen and oxygen atoms in total. The third-order valence-corrected chi connectivity index (χ3v) is 6.29. The van der Waals surface area contributed by atoms with Crippen molar-refractivity contribution in [1.82, 2.24) is 14.5 Å². The summed E-state index contributed by atoms with van der Waals surface area (Å²) < 4.78 is 51.6. The molecule has 4 rings (SSSR count). The fourth-order valence-electron chi connectivity index (χ4n) is 4.30. The quantitative estimate of drug-likeness (QED) is 0.592. The fourth-order valence-corrected chi connectivity index (χ4v) is 4.59. The van der Waals surface area contributed by atoms with Crippen LogP contribution in [0.2, 0.25) is 0 Å². The Morgan fingerprint density at radius 2 is 2.07 bits per heavy atom. The number of amides is 1. The second kappa shape index (κ2) is 7.95. The summed E-state index contributed by atoms with van der Waals surface area (Å²) in [7, 11) is 1.82. The highest BCUT2D eigenvalue weighted by atomic mass is 32.1. The van der Waals surface area contributed by atoms with Crippen LogP contribution in [-0.4, -0.2) is 34.3 Å². The Labute approximate surface area is 171 Å². The van der Waals surface area contributed by atoms with Crippen LogP contribution < -0.4 is 5.32 Å². The summed E-state index contributed by atoms with van der Waals surface area (Å²) in [6.45, 7) is 1.47. The van der Waals surface area contributed by atoms with Crippen molar-refractivity contribution in [3.8, 4) is 0 Å². The average Bonchev–Trinajstić information content (AvgIpc) is 3.38. The molecule has 0 bridgehead atoms. The van der Waals surface area contributed by atoms with E-state index in [0.29, 0.717) is 30.8 Å². The number of fused-ring (bicyclic) bond motifs is 1. The Morgan fingerprint density at radius 1 is 1.31 bits per heavy atom. The lowest BCUT2D eigenvalue weighted by Gasteiger charge is -2.14. The van der Waals surface area contributed by atoms with Gasteiger partial charge in [-0.1, -0.05) is 0 Å². The summed E-state index contributed by atoms with van der Waals surface area (Å²) >= 11 is 5.48. The van der Waals surface area contributed by atoms with Gasteiger partial charge in [0, 0.05) is 49.5 Å². The van der Waals surface area contributed by atoms with Crippen molar-refractivity contribution >= 4 is 18.1 Å². The van der Waals surface area contributed by atoms with Gasteiger partial charge in [0.2, 0.25) is 5.91 Å². The maximum Gasteiger partial charge on any atom is 0.220 e. The first-order chi connectivity index (χ1) is 13.9. The van der Waals surface area contributed by atoms with Crippen LogP contribution >= 0.6 is 12.2 Å². The summed E-state index contributed by atoms with van der Waals surface area (Å²) in [5, 5.41) is 2.95. The van der Waals surface area contributed by atoms with Crippen molar-refractivity contribution in [3.63, 3.8) is 0 Å². The van der Waals surface area contributed by atoms with E-state index in [0.717, 1.165) is 29.9 Å². The minimum Gasteiger partial charge on any atom is -0.379 e. The van der Waals surface area contributed by atoms with E-state index in [4.69, 9.17) is 17.0 Å². The topological polar surface area (TPSA) is 48.2 Å². The van der Waals surface area contributed by atoms with Gasteiger partial charge in [-0.05, 0) is 43.6 Å². The van der Waals surface area contributed by atoms with Crippen LogP contribution in [0.25, 0.3) is 0 Å². The monoisotopic (exact) mass is 425 g/mol. The Kier molecular flexibility index (Phi) is 5.52. The zero-order valence-corrected chi connectivity index (χ0v) is 16.8. The van der Waals surface area contributed by atoms with E-state index in [1.165, 1.54) is 0 Å². The highest BCUT2D eigenvalue weighted by Crippen LogP contribution is 2.36. The van der Waals surface area contributed by atoms with Crippen LogP contribution in [-0.2, 0) is 36.0 Å². The van der Waals surface area contributed by atoms with Gasteiger partial charge < -0.3 is 19.2 Å². The standard InChI is InChI=1S/C20H22F3N3O2S/c1-25-15(4-5-17(27)24-12-6-7-28-10-12)16-8-11(9-26(16)20(25)29)18-13(21)2-3-14(22)19(18)23/h2-3,11-12H,4-10H2,1H3,(H,24,27). The maximum atomic E-state index is 14.3. The molecule has 0 radical (unpaired) electrons. The number of imidazole rings is 1. The van der Waals surface area contributed by atoms with Gasteiger partial charge in [-0.25, -0.2) is 13.2 Å². The summed E-state index contributed by atoms with van der Waals surface area (Å²) in [5.41, 5.74) is 1.48. The molecule has 1 amide bonds. The first kappa shape index (κ1) is 20.2. The summed E-state index contributed by atoms with van der Waals surface area (Å²) in [4.78, 5) is 12.3. The average molecular weight is 425 g/mol. The minimum absolute atomic E-state index is 0.0498. The third-order valence-electron chi connectivity index (χ3n) is 5.80. The molecule has 2 unspecified atom stereocenters. The van der Waals surface area contributed by atoms with Crippen LogP contribution in [0.4, 0.5) is 13.2 Å². The highest BCUT2D eigenvalue weighted by Gasteiger charge is 2.32. The Balaban J connectivity index is 1.52. The molecule has 1 aromatic heterocycles. The molecule has 2 aliphatic rings. The van der Waals surface area contributed by atoms with Gasteiger partial charge in [-0.2, -0.15) is 0 Å². The lowest BCUT2D eigenvalue weighted by molar-refractivity contribution is -0.121. The number of ether oxygens (including phenoxy) is 1. The van der Waals surface area contributed by atoms with E-state index in [2.05, 4.69) is 5.32 Å². The van der Waals surface area contributed by atoms with Crippen LogP contribution in [0.15, 0.2) is 12.1 Å². The van der Waals surface area contributed by atoms with Crippen molar-refractivity contribution in [2.45, 2.75) is 44.2 Å². The SMILES string of the molecule is Cn1c(CCC(=O)NC2CCOC2)c2n(c1=S)CC(c1c(F)ccc(F)c1F)C2. The zero-order chi connectivity index (χ0) is 20.7. The van der Waals surface area contributed by atoms with E-state index in [-0.39, 0.29) is 30.5 Å². The molecule has 0 aliphatic carbocycles. The van der Waals surface area contributed by atoms with Crippen molar-refractivity contribution < 1.29 is 22.7 Å². The van der Waals surface area contributed by atoms with E-state index in [1.54, 1.807) is 0 Å². The number of benzene rings is 1. The molecule has 1 saturated heterocycles. The van der Waals surface area contributed by atoms with Crippen LogP contribution in [0.1, 0.15) is 35.7 Å². The third kappa shape index (κ3) is 3.73. The van der Waals surface area contributed by atoms with Gasteiger partial charge in [0.25, 0.3) is 0 Å². The lowest BCUT2D eigenvalue weighted by atomic mass is 9.94. The van der Waals surface area contributed by atoms with Gasteiger partial charge in [0.15, 0.2) is 16.4 Å². The van der Waals surface area contributed by atoms with Crippen LogP contribution in [0.5, 0.6) is 0 Å². The smallest absolute Gasteiger partial charge is 0.220 e. The molecular formula is C20H22F3N3O2S. The summed E-state index contributed by atoms with van der Waals surface area (Å²) in [5.74, 6) is -3.56. The largest absolute Gasteiger partial charge is 0.379 e. The molecule has 2 aliphatic heterocycles. The Bertz CT molecular complexity index is 1010. The molecule has 29 heavy (non-hydrogen) atoms. The fraction of sp³-hybridized carbons (Fsp3) is 0.500. The number of carbonyl (C=O) groups excluding carboxylic acids is 1. The molecule has 0 saturated carbocycles. The molecule has 1 N–H and O–H groups in total. The number of carbonyl (C=O) groups is 1. The molecule has 2 atom stereocenters. The normalized spacial score (nSPS) is 20.8. The number of rotatable bonds is 5. The molecule has 9 heteroatoms. The van der Waals surface area contributed by atoms with Gasteiger partial charge in [0.05, 0.1) is 12.6 Å². The number of aromatic nitrogens is 2. The van der Waals surface area contributed by atoms with E-state index in [1.807, 2.05) is 16.2 Å². The van der Waals surface area contributed by atoms with E-state index >= 15 is 0 Å². The zero-order valence-electron chi connectivity index (χ0n) is 16.0. The van der Waals surface area contributed by atoms with Crippen molar-refractivity contribution in [3.05, 3.63) is 51.3 Å². The molecule has 0 spiro atoms. The summed E-state index contributed by atoms with van der Waals surface area (Å²) in [6, 6.07) is 1.80. The van der Waals surface area contributed by atoms with Crippen molar-refractivity contribution in [2.75, 3.05) is 13.2 Å². The van der Waals surface area contributed by atoms with Gasteiger partial charge in [-0.3, -0.25) is 4.79 Å². The number of nitrogens with zero attached hydrogens (tertiary/aromatic N) is 2. The van der Waals surface area contributed by atoms with Gasteiger partial charge >= 0.3 is 0 Å². The predicted molar refractivity (Wildman–Crippen MR) is 103 cm³/mol. The molecule has 1 aromatic carbocycles. The molecule has 1 fully saturated rings. The second-order valence-corrected chi connectivity index (χ2v) is 8.00. The van der Waals surface area contributed by atoms with Gasteiger partial charge in [0.1, 0.15) is 5.82 Å². The molecule has 3 heterocycles. The minimum atomic E-state index is -1.14. The number of hydrogen-bond acceptors (Lipinski definition) is 3. The van der Waals surface area contributed by atoms with Crippen LogP contribution in [0, 0.1) is 22.2 Å². The number of halogens is 3. The second-order valence-electron chi connectivity index (χ2n) is 7.63. The van der Waals surface area contributed by atoms with Crippen LogP contribution in [0.3, 0.4) is 0 Å². The lowest BCUT2D eigenvalue weighted by Crippen LogP contribution is -2.35. The Hall–Kier alpha value is -2.13.